The molecule has 3 heteroatoms. The van der Waals surface area contributed by atoms with Crippen molar-refractivity contribution in [1.29, 1.82) is 0 Å². The van der Waals surface area contributed by atoms with E-state index in [0.29, 0.717) is 6.61 Å². The minimum atomic E-state index is 0.693. The minimum Gasteiger partial charge on any atom is -0.493 e. The van der Waals surface area contributed by atoms with Gasteiger partial charge in [-0.1, -0.05) is 24.3 Å². The smallest absolute Gasteiger partial charge is 0.131 e. The molecule has 0 bridgehead atoms. The van der Waals surface area contributed by atoms with Gasteiger partial charge in [0.05, 0.1) is 13.2 Å². The summed E-state index contributed by atoms with van der Waals surface area (Å²) in [5, 5.41) is 0. The molecule has 3 nitrogen and oxygen atoms in total. The van der Waals surface area contributed by atoms with Gasteiger partial charge in [-0.15, -0.1) is 0 Å². The summed E-state index contributed by atoms with van der Waals surface area (Å²) < 4.78 is 11.3. The van der Waals surface area contributed by atoms with Crippen LogP contribution in [0.3, 0.4) is 0 Å². The molecule has 0 saturated carbocycles. The van der Waals surface area contributed by atoms with E-state index >= 15 is 0 Å². The summed E-state index contributed by atoms with van der Waals surface area (Å²) in [6.07, 6.45) is 0.962. The molecule has 0 aliphatic rings. The lowest BCUT2D eigenvalue weighted by Gasteiger charge is -2.08. The lowest BCUT2D eigenvalue weighted by molar-refractivity contribution is -0.368. The Labute approximate surface area is 107 Å². The summed E-state index contributed by atoms with van der Waals surface area (Å²) in [5.74, 6) is 2.44. The third kappa shape index (κ3) is 3.79. The van der Waals surface area contributed by atoms with Crippen LogP contribution in [0.15, 0.2) is 54.6 Å². The number of hydrogen-bond acceptors (Lipinski definition) is 2. The second-order valence-corrected chi connectivity index (χ2v) is 3.95. The van der Waals surface area contributed by atoms with Crippen molar-refractivity contribution in [2.24, 2.45) is 0 Å². The molecule has 0 aliphatic carbocycles. The molecule has 2 aromatic rings. The van der Waals surface area contributed by atoms with Gasteiger partial charge in [0.25, 0.3) is 0 Å². The van der Waals surface area contributed by atoms with E-state index in [1.165, 1.54) is 0 Å². The average Bonchev–Trinajstić information content (AvgIpc) is 2.41. The van der Waals surface area contributed by atoms with Crippen LogP contribution in [-0.4, -0.2) is 13.2 Å². The van der Waals surface area contributed by atoms with Crippen molar-refractivity contribution in [2.75, 3.05) is 13.2 Å². The van der Waals surface area contributed by atoms with Gasteiger partial charge in [0.1, 0.15) is 17.2 Å². The van der Waals surface area contributed by atoms with E-state index in [1.54, 1.807) is 0 Å². The highest BCUT2D eigenvalue weighted by Gasteiger charge is 1.99. The zero-order valence-corrected chi connectivity index (χ0v) is 10.3. The molecule has 0 aromatic heterocycles. The summed E-state index contributed by atoms with van der Waals surface area (Å²) >= 11 is 0. The first-order valence-electron chi connectivity index (χ1n) is 6.13. The predicted molar refractivity (Wildman–Crippen MR) is 70.8 cm³/mol. The van der Waals surface area contributed by atoms with Crippen LogP contribution in [0.1, 0.15) is 6.42 Å². The van der Waals surface area contributed by atoms with Crippen LogP contribution in [0, 0.1) is 0 Å². The first kappa shape index (κ1) is 12.5. The first-order chi connectivity index (χ1) is 8.88. The van der Waals surface area contributed by atoms with E-state index in [9.17, 15) is 0 Å². The summed E-state index contributed by atoms with van der Waals surface area (Å²) in [4.78, 5) is 0. The molecule has 2 aromatic carbocycles. The van der Waals surface area contributed by atoms with Crippen LogP contribution in [0.2, 0.25) is 0 Å². The van der Waals surface area contributed by atoms with Gasteiger partial charge >= 0.3 is 0 Å². The SMILES string of the molecule is [NH3+]CCCOc1cccc(Oc2ccccc2)c1. The maximum atomic E-state index is 5.73. The summed E-state index contributed by atoms with van der Waals surface area (Å²) in [7, 11) is 0. The number of para-hydroxylation sites is 1. The van der Waals surface area contributed by atoms with Crippen LogP contribution < -0.4 is 15.2 Å². The Balaban J connectivity index is 1.99. The quantitative estimate of drug-likeness (QED) is 0.793. The molecule has 0 unspecified atom stereocenters. The molecular weight excluding hydrogens is 226 g/mol. The molecule has 0 atom stereocenters. The molecule has 0 radical (unpaired) electrons. The molecule has 18 heavy (non-hydrogen) atoms. The predicted octanol–water partition coefficient (Wildman–Crippen LogP) is 2.49. The Bertz CT molecular complexity index is 471. The zero-order valence-electron chi connectivity index (χ0n) is 10.3. The maximum absolute atomic E-state index is 5.73. The van der Waals surface area contributed by atoms with Crippen molar-refractivity contribution in [3.63, 3.8) is 0 Å². The molecular formula is C15H18NO2+. The first-order valence-corrected chi connectivity index (χ1v) is 6.13. The Morgan fingerprint density at radius 3 is 2.33 bits per heavy atom. The fraction of sp³-hybridized carbons (Fsp3) is 0.200. The van der Waals surface area contributed by atoms with Crippen molar-refractivity contribution >= 4 is 0 Å². The van der Waals surface area contributed by atoms with E-state index in [1.807, 2.05) is 54.6 Å². The number of rotatable bonds is 6. The van der Waals surface area contributed by atoms with Crippen molar-refractivity contribution in [2.45, 2.75) is 6.42 Å². The topological polar surface area (TPSA) is 46.1 Å². The number of quaternary nitrogens is 1. The largest absolute Gasteiger partial charge is 0.493 e. The highest BCUT2D eigenvalue weighted by molar-refractivity contribution is 5.36. The Kier molecular flexibility index (Phi) is 4.61. The van der Waals surface area contributed by atoms with Crippen LogP contribution >= 0.6 is 0 Å². The second kappa shape index (κ2) is 6.67. The highest BCUT2D eigenvalue weighted by Crippen LogP contribution is 2.24. The fourth-order valence-corrected chi connectivity index (χ4v) is 1.54. The third-order valence-corrected chi connectivity index (χ3v) is 2.45. The minimum absolute atomic E-state index is 0.693. The van der Waals surface area contributed by atoms with Crippen LogP contribution in [-0.2, 0) is 0 Å². The normalized spacial score (nSPS) is 10.1. The molecule has 0 spiro atoms. The lowest BCUT2D eigenvalue weighted by Crippen LogP contribution is -2.50. The van der Waals surface area contributed by atoms with Gasteiger partial charge in [-0.25, -0.2) is 0 Å². The van der Waals surface area contributed by atoms with E-state index in [2.05, 4.69) is 5.73 Å². The molecule has 0 saturated heterocycles. The van der Waals surface area contributed by atoms with Crippen molar-refractivity contribution in [3.05, 3.63) is 54.6 Å². The summed E-state index contributed by atoms with van der Waals surface area (Å²) in [5.41, 5.74) is 3.79. The van der Waals surface area contributed by atoms with Crippen molar-refractivity contribution in [1.82, 2.24) is 0 Å². The average molecular weight is 244 g/mol. The third-order valence-electron chi connectivity index (χ3n) is 2.45. The second-order valence-electron chi connectivity index (χ2n) is 3.95. The number of hydrogen-bond donors (Lipinski definition) is 1. The van der Waals surface area contributed by atoms with Crippen molar-refractivity contribution in [3.8, 4) is 17.2 Å². The summed E-state index contributed by atoms with van der Waals surface area (Å²) in [6.45, 7) is 1.58. The van der Waals surface area contributed by atoms with E-state index < -0.39 is 0 Å². The van der Waals surface area contributed by atoms with Gasteiger partial charge in [-0.2, -0.15) is 0 Å². The van der Waals surface area contributed by atoms with E-state index in [0.717, 1.165) is 30.2 Å². The van der Waals surface area contributed by atoms with Crippen LogP contribution in [0.5, 0.6) is 17.2 Å². The van der Waals surface area contributed by atoms with E-state index in [-0.39, 0.29) is 0 Å². The van der Waals surface area contributed by atoms with Crippen molar-refractivity contribution < 1.29 is 15.2 Å². The summed E-state index contributed by atoms with van der Waals surface area (Å²) in [6, 6.07) is 17.4. The molecule has 94 valence electrons. The van der Waals surface area contributed by atoms with Gasteiger partial charge in [-0.05, 0) is 24.3 Å². The standard InChI is InChI=1S/C15H17NO2/c16-10-5-11-17-14-8-4-9-15(12-14)18-13-6-2-1-3-7-13/h1-4,6-9,12H,5,10-11,16H2/p+1. The molecule has 3 N–H and O–H groups in total. The van der Waals surface area contributed by atoms with Gasteiger partial charge in [-0.3, -0.25) is 0 Å². The van der Waals surface area contributed by atoms with E-state index in [4.69, 9.17) is 9.47 Å². The Morgan fingerprint density at radius 1 is 0.833 bits per heavy atom. The highest BCUT2D eigenvalue weighted by atomic mass is 16.5. The lowest BCUT2D eigenvalue weighted by atomic mass is 10.3. The molecule has 0 aliphatic heterocycles. The Hall–Kier alpha value is -2.00. The fourth-order valence-electron chi connectivity index (χ4n) is 1.54. The zero-order chi connectivity index (χ0) is 12.6. The van der Waals surface area contributed by atoms with Crippen LogP contribution in [0.25, 0.3) is 0 Å². The van der Waals surface area contributed by atoms with Crippen LogP contribution in [0.4, 0.5) is 0 Å². The maximum Gasteiger partial charge on any atom is 0.131 e. The van der Waals surface area contributed by atoms with Gasteiger partial charge in [0.2, 0.25) is 0 Å². The number of benzene rings is 2. The van der Waals surface area contributed by atoms with Gasteiger partial charge in [0, 0.05) is 12.5 Å². The monoisotopic (exact) mass is 244 g/mol. The van der Waals surface area contributed by atoms with Gasteiger partial charge in [0.15, 0.2) is 0 Å². The molecule has 2 rings (SSSR count). The molecule has 0 amide bonds. The van der Waals surface area contributed by atoms with Gasteiger partial charge < -0.3 is 15.2 Å². The molecule has 0 fully saturated rings. The Morgan fingerprint density at radius 2 is 1.56 bits per heavy atom. The molecule has 0 heterocycles. The number of ether oxygens (including phenoxy) is 2.